The third kappa shape index (κ3) is 9.05. The first kappa shape index (κ1) is 24.8. The van der Waals surface area contributed by atoms with E-state index in [4.69, 9.17) is 5.11 Å². The molecule has 0 spiro atoms. The van der Waals surface area contributed by atoms with Gasteiger partial charge in [0.1, 0.15) is 0 Å². The van der Waals surface area contributed by atoms with Crippen LogP contribution in [0.3, 0.4) is 0 Å². The van der Waals surface area contributed by atoms with Crippen molar-refractivity contribution in [2.24, 2.45) is 0 Å². The van der Waals surface area contributed by atoms with Crippen LogP contribution in [0.15, 0.2) is 58.3 Å². The van der Waals surface area contributed by atoms with E-state index in [1.165, 1.54) is 12.8 Å². The first-order chi connectivity index (χ1) is 15.0. The summed E-state index contributed by atoms with van der Waals surface area (Å²) in [6, 6.07) is 15.5. The van der Waals surface area contributed by atoms with Crippen molar-refractivity contribution in [1.82, 2.24) is 5.32 Å². The minimum atomic E-state index is -0.831. The van der Waals surface area contributed by atoms with Gasteiger partial charge in [0.05, 0.1) is 6.42 Å². The largest absolute Gasteiger partial charge is 0.481 e. The van der Waals surface area contributed by atoms with Gasteiger partial charge in [0, 0.05) is 28.6 Å². The molecule has 168 valence electrons. The Balaban J connectivity index is 2.01. The molecule has 2 aromatic carbocycles. The van der Waals surface area contributed by atoms with Crippen molar-refractivity contribution in [2.75, 3.05) is 18.0 Å². The van der Waals surface area contributed by atoms with Crippen LogP contribution in [0.25, 0.3) is 0 Å². The van der Waals surface area contributed by atoms with Crippen molar-refractivity contribution in [3.8, 4) is 0 Å². The van der Waals surface area contributed by atoms with Crippen molar-refractivity contribution in [3.05, 3.63) is 54.1 Å². The number of hydrogen-bond acceptors (Lipinski definition) is 3. The van der Waals surface area contributed by atoms with Crippen LogP contribution in [0.2, 0.25) is 0 Å². The van der Waals surface area contributed by atoms with Gasteiger partial charge in [-0.25, -0.2) is 4.79 Å². The van der Waals surface area contributed by atoms with Crippen molar-refractivity contribution >= 4 is 29.4 Å². The zero-order valence-corrected chi connectivity index (χ0v) is 19.4. The van der Waals surface area contributed by atoms with Crippen molar-refractivity contribution in [1.29, 1.82) is 0 Å². The van der Waals surface area contributed by atoms with E-state index in [-0.39, 0.29) is 12.5 Å². The maximum Gasteiger partial charge on any atom is 0.321 e. The molecule has 0 heterocycles. The second kappa shape index (κ2) is 13.8. The van der Waals surface area contributed by atoms with Crippen LogP contribution in [0, 0.1) is 0 Å². The zero-order chi connectivity index (χ0) is 22.5. The highest BCUT2D eigenvalue weighted by molar-refractivity contribution is 7.99. The molecule has 5 nitrogen and oxygen atoms in total. The summed E-state index contributed by atoms with van der Waals surface area (Å²) >= 11 is 1.58. The van der Waals surface area contributed by atoms with Crippen LogP contribution < -0.4 is 10.2 Å². The summed E-state index contributed by atoms with van der Waals surface area (Å²) in [4.78, 5) is 27.6. The lowest BCUT2D eigenvalue weighted by Crippen LogP contribution is -2.41. The van der Waals surface area contributed by atoms with E-state index in [1.807, 2.05) is 53.4 Å². The van der Waals surface area contributed by atoms with Gasteiger partial charge in [-0.3, -0.25) is 9.69 Å². The molecule has 2 aromatic rings. The average molecular weight is 443 g/mol. The second-order valence-corrected chi connectivity index (χ2v) is 8.76. The summed E-state index contributed by atoms with van der Waals surface area (Å²) in [5.74, 6) is -0.831. The van der Waals surface area contributed by atoms with Crippen LogP contribution >= 0.6 is 11.8 Å². The van der Waals surface area contributed by atoms with Crippen LogP contribution in [0.5, 0.6) is 0 Å². The summed E-state index contributed by atoms with van der Waals surface area (Å²) < 4.78 is 0. The highest BCUT2D eigenvalue weighted by Crippen LogP contribution is 2.30. The quantitative estimate of drug-likeness (QED) is 0.354. The number of carboxylic acids is 1. The number of hydrogen-bond donors (Lipinski definition) is 2. The van der Waals surface area contributed by atoms with E-state index in [9.17, 15) is 9.59 Å². The van der Waals surface area contributed by atoms with Crippen LogP contribution in [-0.4, -0.2) is 30.2 Å². The Labute approximate surface area is 190 Å². The van der Waals surface area contributed by atoms with Crippen molar-refractivity contribution in [3.63, 3.8) is 0 Å². The highest BCUT2D eigenvalue weighted by Gasteiger charge is 2.15. The van der Waals surface area contributed by atoms with Gasteiger partial charge in [0.2, 0.25) is 0 Å². The van der Waals surface area contributed by atoms with E-state index in [1.54, 1.807) is 11.8 Å². The molecule has 0 aromatic heterocycles. The summed E-state index contributed by atoms with van der Waals surface area (Å²) in [6.07, 6.45) is 6.55. The molecule has 0 aliphatic heterocycles. The SMILES string of the molecule is CCCCCCNC(=O)N(CCCC)c1ccc(Sc2cccc(CC(=O)O)c2)cc1. The Morgan fingerprint density at radius 3 is 2.35 bits per heavy atom. The molecule has 0 fully saturated rings. The summed E-state index contributed by atoms with van der Waals surface area (Å²) in [5.41, 5.74) is 1.68. The molecule has 0 radical (unpaired) electrons. The maximum absolute atomic E-state index is 12.7. The first-order valence-electron chi connectivity index (χ1n) is 11.2. The standard InChI is InChI=1S/C25H34N2O3S/c1-3-5-7-8-16-26-25(30)27(17-6-4-2)21-12-14-22(15-13-21)31-23-11-9-10-20(18-23)19-24(28)29/h9-15,18H,3-8,16-17,19H2,1-2H3,(H,26,30)(H,28,29). The topological polar surface area (TPSA) is 69.6 Å². The Hall–Kier alpha value is -2.47. The Bertz CT molecular complexity index is 824. The molecule has 0 bridgehead atoms. The van der Waals surface area contributed by atoms with Gasteiger partial charge in [-0.2, -0.15) is 0 Å². The Kier molecular flexibility index (Phi) is 11.0. The molecular formula is C25H34N2O3S. The number of urea groups is 1. The number of amides is 2. The number of carbonyl (C=O) groups is 2. The number of aliphatic carboxylic acids is 1. The number of anilines is 1. The smallest absolute Gasteiger partial charge is 0.321 e. The molecule has 0 saturated carbocycles. The van der Waals surface area contributed by atoms with E-state index >= 15 is 0 Å². The summed E-state index contributed by atoms with van der Waals surface area (Å²) in [6.45, 7) is 5.71. The fourth-order valence-electron chi connectivity index (χ4n) is 3.23. The lowest BCUT2D eigenvalue weighted by Gasteiger charge is -2.23. The summed E-state index contributed by atoms with van der Waals surface area (Å²) in [5, 5.41) is 12.0. The number of unbranched alkanes of at least 4 members (excludes halogenated alkanes) is 4. The maximum atomic E-state index is 12.7. The molecule has 0 aliphatic carbocycles. The van der Waals surface area contributed by atoms with Crippen LogP contribution in [0.4, 0.5) is 10.5 Å². The number of nitrogens with zero attached hydrogens (tertiary/aromatic N) is 1. The number of benzene rings is 2. The molecular weight excluding hydrogens is 408 g/mol. The number of nitrogens with one attached hydrogen (secondary N) is 1. The average Bonchev–Trinajstić information content (AvgIpc) is 2.75. The third-order valence-corrected chi connectivity index (χ3v) is 5.92. The second-order valence-electron chi connectivity index (χ2n) is 7.61. The third-order valence-electron chi connectivity index (χ3n) is 4.92. The van der Waals surface area contributed by atoms with E-state index in [0.29, 0.717) is 13.1 Å². The first-order valence-corrected chi connectivity index (χ1v) is 12.0. The molecule has 0 saturated heterocycles. The van der Waals surface area contributed by atoms with Crippen molar-refractivity contribution < 1.29 is 14.7 Å². The van der Waals surface area contributed by atoms with Crippen molar-refractivity contribution in [2.45, 2.75) is 68.6 Å². The number of rotatable bonds is 13. The fourth-order valence-corrected chi connectivity index (χ4v) is 4.13. The lowest BCUT2D eigenvalue weighted by molar-refractivity contribution is -0.136. The van der Waals surface area contributed by atoms with Gasteiger partial charge in [-0.1, -0.05) is 63.4 Å². The molecule has 2 N–H and O–H groups in total. The van der Waals surface area contributed by atoms with E-state index in [2.05, 4.69) is 19.2 Å². The van der Waals surface area contributed by atoms with Gasteiger partial charge in [0.15, 0.2) is 0 Å². The minimum Gasteiger partial charge on any atom is -0.481 e. The van der Waals surface area contributed by atoms with E-state index in [0.717, 1.165) is 46.7 Å². The minimum absolute atomic E-state index is 0.0211. The van der Waals surface area contributed by atoms with Crippen LogP contribution in [-0.2, 0) is 11.2 Å². The highest BCUT2D eigenvalue weighted by atomic mass is 32.2. The Morgan fingerprint density at radius 1 is 0.935 bits per heavy atom. The zero-order valence-electron chi connectivity index (χ0n) is 18.6. The molecule has 0 atom stereocenters. The summed E-state index contributed by atoms with van der Waals surface area (Å²) in [7, 11) is 0. The molecule has 2 amide bonds. The molecule has 2 rings (SSSR count). The van der Waals surface area contributed by atoms with Crippen LogP contribution in [0.1, 0.15) is 57.9 Å². The van der Waals surface area contributed by atoms with Gasteiger partial charge in [-0.15, -0.1) is 0 Å². The molecule has 0 aliphatic rings. The Morgan fingerprint density at radius 2 is 1.68 bits per heavy atom. The van der Waals surface area contributed by atoms with Gasteiger partial charge >= 0.3 is 12.0 Å². The number of carboxylic acid groups (broad SMARTS) is 1. The number of carbonyl (C=O) groups excluding carboxylic acids is 1. The molecule has 31 heavy (non-hydrogen) atoms. The predicted octanol–water partition coefficient (Wildman–Crippen LogP) is 6.36. The van der Waals surface area contributed by atoms with Gasteiger partial charge in [-0.05, 0) is 54.8 Å². The van der Waals surface area contributed by atoms with E-state index < -0.39 is 5.97 Å². The normalized spacial score (nSPS) is 10.6. The molecule has 6 heteroatoms. The monoisotopic (exact) mass is 442 g/mol. The lowest BCUT2D eigenvalue weighted by atomic mass is 10.2. The van der Waals surface area contributed by atoms with Gasteiger partial charge in [0.25, 0.3) is 0 Å². The predicted molar refractivity (Wildman–Crippen MR) is 128 cm³/mol. The fraction of sp³-hybridized carbons (Fsp3) is 0.440. The van der Waals surface area contributed by atoms with Gasteiger partial charge < -0.3 is 10.4 Å². The molecule has 0 unspecified atom stereocenters.